The maximum Gasteiger partial charge on any atom is 0.294 e. The maximum atomic E-state index is 15.1. The molecule has 9 heteroatoms. The number of amides is 1. The number of hydrogen-bond acceptors (Lipinski definition) is 5. The molecule has 4 aromatic rings. The van der Waals surface area contributed by atoms with Gasteiger partial charge in [0.2, 0.25) is 5.78 Å². The molecule has 0 bridgehead atoms. The number of aryl methyl sites for hydroxylation is 1. The fourth-order valence-electron chi connectivity index (χ4n) is 4.16. The number of carbonyl (C=O) groups is 2. The summed E-state index contributed by atoms with van der Waals surface area (Å²) in [5, 5.41) is 12.0. The molecular formula is C27H17Cl2FN2O3S. The molecular weight excluding hydrogens is 522 g/mol. The first kappa shape index (κ1) is 24.2. The lowest BCUT2D eigenvalue weighted by Crippen LogP contribution is -2.31. The Kier molecular flexibility index (Phi) is 6.38. The number of benzene rings is 3. The van der Waals surface area contributed by atoms with Gasteiger partial charge in [-0.05, 0) is 31.2 Å². The van der Waals surface area contributed by atoms with Crippen LogP contribution in [0.4, 0.5) is 10.1 Å². The standard InChI is InChI=1S/C27H17Cl2FN2O3S/c1-14-25(36-26(31-14)15-7-3-2-4-8-15)23(33)21-22(17-9-5-6-10-20(17)30)32(27(35)24(21)34)16-11-12-18(28)19(29)13-16/h2-13,22,34H,1H3. The second-order valence-corrected chi connectivity index (χ2v) is 9.90. The summed E-state index contributed by atoms with van der Waals surface area (Å²) < 4.78 is 15.1. The van der Waals surface area contributed by atoms with Crippen molar-refractivity contribution < 1.29 is 19.1 Å². The number of aliphatic hydroxyl groups excluding tert-OH is 1. The van der Waals surface area contributed by atoms with E-state index < -0.39 is 29.3 Å². The van der Waals surface area contributed by atoms with Crippen LogP contribution in [0.2, 0.25) is 10.0 Å². The molecule has 0 aliphatic carbocycles. The maximum absolute atomic E-state index is 15.1. The highest BCUT2D eigenvalue weighted by atomic mass is 35.5. The van der Waals surface area contributed by atoms with Gasteiger partial charge in [-0.25, -0.2) is 9.37 Å². The van der Waals surface area contributed by atoms with E-state index in [0.717, 1.165) is 21.8 Å². The first-order valence-electron chi connectivity index (χ1n) is 10.8. The number of carbonyl (C=O) groups excluding carboxylic acids is 2. The fraction of sp³-hybridized carbons (Fsp3) is 0.0741. The first-order valence-corrected chi connectivity index (χ1v) is 12.4. The fourth-order valence-corrected chi connectivity index (χ4v) is 5.48. The topological polar surface area (TPSA) is 70.5 Å². The van der Waals surface area contributed by atoms with Gasteiger partial charge in [-0.3, -0.25) is 14.5 Å². The summed E-state index contributed by atoms with van der Waals surface area (Å²) >= 11 is 13.4. The van der Waals surface area contributed by atoms with Gasteiger partial charge in [0.15, 0.2) is 5.76 Å². The zero-order chi connectivity index (χ0) is 25.6. The Morgan fingerprint density at radius 2 is 1.72 bits per heavy atom. The molecule has 1 aliphatic heterocycles. The Bertz CT molecular complexity index is 1550. The molecule has 1 N–H and O–H groups in total. The van der Waals surface area contributed by atoms with E-state index in [0.29, 0.717) is 10.7 Å². The van der Waals surface area contributed by atoms with E-state index in [1.165, 1.54) is 36.4 Å². The van der Waals surface area contributed by atoms with Crippen molar-refractivity contribution in [2.75, 3.05) is 4.90 Å². The third-order valence-corrected chi connectivity index (χ3v) is 7.80. The van der Waals surface area contributed by atoms with Gasteiger partial charge in [0, 0.05) is 16.8 Å². The summed E-state index contributed by atoms with van der Waals surface area (Å²) in [5.74, 6) is -2.84. The Hall–Kier alpha value is -3.52. The number of aromatic nitrogens is 1. The summed E-state index contributed by atoms with van der Waals surface area (Å²) in [4.78, 5) is 33.1. The monoisotopic (exact) mass is 538 g/mol. The van der Waals surface area contributed by atoms with Crippen molar-refractivity contribution in [3.63, 3.8) is 0 Å². The number of rotatable bonds is 5. The summed E-state index contributed by atoms with van der Waals surface area (Å²) in [6, 6.07) is 18.4. The van der Waals surface area contributed by atoms with E-state index in [2.05, 4.69) is 4.98 Å². The minimum Gasteiger partial charge on any atom is -0.503 e. The highest BCUT2D eigenvalue weighted by molar-refractivity contribution is 7.17. The number of thiazole rings is 1. The molecule has 5 nitrogen and oxygen atoms in total. The van der Waals surface area contributed by atoms with Crippen molar-refractivity contribution >= 4 is 51.9 Å². The second-order valence-electron chi connectivity index (χ2n) is 8.09. The average Bonchev–Trinajstić information content (AvgIpc) is 3.39. The highest BCUT2D eigenvalue weighted by Crippen LogP contribution is 2.44. The molecule has 1 unspecified atom stereocenters. The van der Waals surface area contributed by atoms with Crippen LogP contribution in [-0.4, -0.2) is 21.8 Å². The van der Waals surface area contributed by atoms with Crippen LogP contribution in [0.1, 0.15) is 27.0 Å². The van der Waals surface area contributed by atoms with E-state index in [9.17, 15) is 14.7 Å². The predicted octanol–water partition coefficient (Wildman–Crippen LogP) is 7.35. The molecule has 5 rings (SSSR count). The zero-order valence-electron chi connectivity index (χ0n) is 18.7. The molecule has 0 saturated heterocycles. The van der Waals surface area contributed by atoms with Crippen molar-refractivity contribution in [3.8, 4) is 10.6 Å². The summed E-state index contributed by atoms with van der Waals surface area (Å²) in [7, 11) is 0. The van der Waals surface area contributed by atoms with Crippen LogP contribution in [0.15, 0.2) is 84.1 Å². The second kappa shape index (κ2) is 9.50. The number of anilines is 1. The zero-order valence-corrected chi connectivity index (χ0v) is 21.0. The Morgan fingerprint density at radius 3 is 2.42 bits per heavy atom. The summed E-state index contributed by atoms with van der Waals surface area (Å²) in [5.41, 5.74) is 1.34. The highest BCUT2D eigenvalue weighted by Gasteiger charge is 2.46. The van der Waals surface area contributed by atoms with Crippen LogP contribution in [0.3, 0.4) is 0 Å². The minimum absolute atomic E-state index is 0.0507. The molecule has 0 radical (unpaired) electrons. The van der Waals surface area contributed by atoms with E-state index >= 15 is 4.39 Å². The number of halogens is 3. The number of nitrogens with zero attached hydrogens (tertiary/aromatic N) is 2. The molecule has 36 heavy (non-hydrogen) atoms. The van der Waals surface area contributed by atoms with Crippen molar-refractivity contribution in [1.82, 2.24) is 4.98 Å². The van der Waals surface area contributed by atoms with Crippen LogP contribution < -0.4 is 4.90 Å². The number of Topliss-reactive ketones (excluding diaryl/α,β-unsaturated/α-hetero) is 1. The van der Waals surface area contributed by atoms with Gasteiger partial charge < -0.3 is 5.11 Å². The van der Waals surface area contributed by atoms with Crippen LogP contribution >= 0.6 is 34.5 Å². The van der Waals surface area contributed by atoms with Crippen LogP contribution in [-0.2, 0) is 4.79 Å². The lowest BCUT2D eigenvalue weighted by Gasteiger charge is -2.27. The Labute approximate surface area is 220 Å². The summed E-state index contributed by atoms with van der Waals surface area (Å²) in [6.45, 7) is 1.68. The average molecular weight is 539 g/mol. The SMILES string of the molecule is Cc1nc(-c2ccccc2)sc1C(=O)C1=C(O)C(=O)N(c2ccc(Cl)c(Cl)c2)C1c1ccccc1F. The minimum atomic E-state index is -1.23. The lowest BCUT2D eigenvalue weighted by molar-refractivity contribution is -0.117. The van der Waals surface area contributed by atoms with Crippen molar-refractivity contribution in [1.29, 1.82) is 0 Å². The third kappa shape index (κ3) is 4.09. The van der Waals surface area contributed by atoms with E-state index in [-0.39, 0.29) is 31.7 Å². The Balaban J connectivity index is 1.66. The van der Waals surface area contributed by atoms with Crippen molar-refractivity contribution in [2.24, 2.45) is 0 Å². The molecule has 1 aromatic heterocycles. The first-order chi connectivity index (χ1) is 17.3. The van der Waals surface area contributed by atoms with E-state index in [1.807, 2.05) is 30.3 Å². The molecule has 0 fully saturated rings. The summed E-state index contributed by atoms with van der Waals surface area (Å²) in [6.07, 6.45) is 0. The lowest BCUT2D eigenvalue weighted by atomic mass is 9.94. The van der Waals surface area contributed by atoms with Crippen molar-refractivity contribution in [3.05, 3.63) is 116 Å². The van der Waals surface area contributed by atoms with Crippen molar-refractivity contribution in [2.45, 2.75) is 13.0 Å². The largest absolute Gasteiger partial charge is 0.503 e. The van der Waals surface area contributed by atoms with Gasteiger partial charge in [-0.15, -0.1) is 11.3 Å². The molecule has 1 amide bonds. The molecule has 1 aliphatic rings. The molecule has 2 heterocycles. The van der Waals surface area contributed by atoms with Gasteiger partial charge in [0.25, 0.3) is 5.91 Å². The van der Waals surface area contributed by atoms with Gasteiger partial charge in [0.05, 0.1) is 32.2 Å². The normalized spacial score (nSPS) is 15.6. The molecule has 1 atom stereocenters. The number of ketones is 1. The van der Waals surface area contributed by atoms with Crippen LogP contribution in [0, 0.1) is 12.7 Å². The van der Waals surface area contributed by atoms with E-state index in [4.69, 9.17) is 23.2 Å². The molecule has 3 aromatic carbocycles. The van der Waals surface area contributed by atoms with E-state index in [1.54, 1.807) is 13.0 Å². The van der Waals surface area contributed by atoms with Gasteiger partial charge in [0.1, 0.15) is 10.8 Å². The quantitative estimate of drug-likeness (QED) is 0.269. The van der Waals surface area contributed by atoms with Crippen LogP contribution in [0.5, 0.6) is 0 Å². The van der Waals surface area contributed by atoms with Gasteiger partial charge in [-0.2, -0.15) is 0 Å². The molecule has 0 saturated carbocycles. The smallest absolute Gasteiger partial charge is 0.294 e. The van der Waals surface area contributed by atoms with Gasteiger partial charge >= 0.3 is 0 Å². The van der Waals surface area contributed by atoms with Crippen LogP contribution in [0.25, 0.3) is 10.6 Å². The molecule has 0 spiro atoms. The third-order valence-electron chi connectivity index (χ3n) is 5.86. The number of aliphatic hydroxyl groups is 1. The molecule has 180 valence electrons. The Morgan fingerprint density at radius 1 is 1.03 bits per heavy atom. The number of hydrogen-bond donors (Lipinski definition) is 1. The van der Waals surface area contributed by atoms with Gasteiger partial charge in [-0.1, -0.05) is 71.7 Å². The predicted molar refractivity (Wildman–Crippen MR) is 139 cm³/mol.